The number of carbonyl (C=O) groups is 2. The fourth-order valence-corrected chi connectivity index (χ4v) is 2.42. The monoisotopic (exact) mass is 263 g/mol. The second-order valence-corrected chi connectivity index (χ2v) is 4.72. The molecule has 0 aromatic heterocycles. The van der Waals surface area contributed by atoms with Crippen LogP contribution in [0, 0.1) is 0 Å². The van der Waals surface area contributed by atoms with Crippen LogP contribution in [0.2, 0.25) is 0 Å². The predicted molar refractivity (Wildman–Crippen MR) is 69.0 cm³/mol. The zero-order chi connectivity index (χ0) is 13.8. The van der Waals surface area contributed by atoms with Crippen molar-refractivity contribution in [3.05, 3.63) is 29.8 Å². The average Bonchev–Trinajstić information content (AvgIpc) is 2.64. The van der Waals surface area contributed by atoms with Gasteiger partial charge in [-0.2, -0.15) is 0 Å². The highest BCUT2D eigenvalue weighted by molar-refractivity contribution is 5.98. The van der Waals surface area contributed by atoms with Gasteiger partial charge < -0.3 is 15.1 Å². The van der Waals surface area contributed by atoms with Gasteiger partial charge in [0, 0.05) is 6.54 Å². The third kappa shape index (κ3) is 2.86. The molecule has 5 nitrogen and oxygen atoms in total. The maximum Gasteiger partial charge on any atom is 0.326 e. The largest absolute Gasteiger partial charge is 0.507 e. The summed E-state index contributed by atoms with van der Waals surface area (Å²) < 4.78 is 0. The molecule has 0 saturated carbocycles. The number of aliphatic carboxylic acids is 1. The van der Waals surface area contributed by atoms with Gasteiger partial charge >= 0.3 is 5.97 Å². The lowest BCUT2D eigenvalue weighted by Crippen LogP contribution is -2.44. The Morgan fingerprint density at radius 2 is 1.89 bits per heavy atom. The second kappa shape index (κ2) is 5.73. The molecule has 5 heteroatoms. The molecule has 19 heavy (non-hydrogen) atoms. The van der Waals surface area contributed by atoms with Crippen molar-refractivity contribution in [3.8, 4) is 5.75 Å². The van der Waals surface area contributed by atoms with E-state index < -0.39 is 17.9 Å². The Morgan fingerprint density at radius 1 is 1.16 bits per heavy atom. The first-order valence-electron chi connectivity index (χ1n) is 6.43. The summed E-state index contributed by atoms with van der Waals surface area (Å²) in [5, 5.41) is 19.0. The van der Waals surface area contributed by atoms with Gasteiger partial charge in [-0.3, -0.25) is 4.79 Å². The van der Waals surface area contributed by atoms with Crippen molar-refractivity contribution in [2.24, 2.45) is 0 Å². The van der Waals surface area contributed by atoms with Crippen LogP contribution in [0.5, 0.6) is 5.75 Å². The van der Waals surface area contributed by atoms with E-state index in [4.69, 9.17) is 0 Å². The number of carboxylic acid groups (broad SMARTS) is 1. The Morgan fingerprint density at radius 3 is 2.58 bits per heavy atom. The van der Waals surface area contributed by atoms with Gasteiger partial charge in [-0.25, -0.2) is 4.79 Å². The summed E-state index contributed by atoms with van der Waals surface area (Å²) in [5.74, 6) is -1.50. The van der Waals surface area contributed by atoms with E-state index in [1.165, 1.54) is 17.0 Å². The van der Waals surface area contributed by atoms with E-state index in [-0.39, 0.29) is 11.3 Å². The van der Waals surface area contributed by atoms with Gasteiger partial charge in [-0.1, -0.05) is 25.0 Å². The van der Waals surface area contributed by atoms with Crippen molar-refractivity contribution >= 4 is 11.9 Å². The number of amides is 1. The van der Waals surface area contributed by atoms with Crippen molar-refractivity contribution < 1.29 is 19.8 Å². The molecule has 2 rings (SSSR count). The topological polar surface area (TPSA) is 77.8 Å². The van der Waals surface area contributed by atoms with Gasteiger partial charge in [0.05, 0.1) is 5.56 Å². The highest BCUT2D eigenvalue weighted by Gasteiger charge is 2.32. The molecule has 1 heterocycles. The maximum absolute atomic E-state index is 12.4. The number of benzene rings is 1. The molecule has 1 aliphatic heterocycles. The lowest BCUT2D eigenvalue weighted by molar-refractivity contribution is -0.142. The number of phenols is 1. The number of aromatic hydroxyl groups is 1. The molecule has 2 N–H and O–H groups in total. The summed E-state index contributed by atoms with van der Waals surface area (Å²) in [6, 6.07) is 5.43. The van der Waals surface area contributed by atoms with E-state index in [1.807, 2.05) is 0 Å². The number of hydrogen-bond acceptors (Lipinski definition) is 3. The molecule has 1 saturated heterocycles. The van der Waals surface area contributed by atoms with Crippen molar-refractivity contribution in [2.75, 3.05) is 6.54 Å². The smallest absolute Gasteiger partial charge is 0.326 e. The number of carbonyl (C=O) groups excluding carboxylic acids is 1. The number of carboxylic acids is 1. The molecule has 1 aliphatic rings. The SMILES string of the molecule is O=C(O)C1CCCCCN1C(=O)c1ccccc1O. The van der Waals surface area contributed by atoms with Crippen LogP contribution in [0.1, 0.15) is 36.0 Å². The number of likely N-dealkylation sites (tertiary alicyclic amines) is 1. The average molecular weight is 263 g/mol. The Kier molecular flexibility index (Phi) is 4.04. The van der Waals surface area contributed by atoms with E-state index in [1.54, 1.807) is 12.1 Å². The van der Waals surface area contributed by atoms with Crippen molar-refractivity contribution in [3.63, 3.8) is 0 Å². The van der Waals surface area contributed by atoms with E-state index in [0.29, 0.717) is 13.0 Å². The van der Waals surface area contributed by atoms with E-state index in [0.717, 1.165) is 19.3 Å². The molecule has 102 valence electrons. The van der Waals surface area contributed by atoms with Crippen LogP contribution in [0.4, 0.5) is 0 Å². The zero-order valence-corrected chi connectivity index (χ0v) is 10.6. The normalized spacial score (nSPS) is 19.8. The summed E-state index contributed by atoms with van der Waals surface area (Å²) in [7, 11) is 0. The standard InChI is InChI=1S/C14H17NO4/c16-12-8-4-3-6-10(12)13(17)15-9-5-1-2-7-11(15)14(18)19/h3-4,6,8,11,16H,1-2,5,7,9H2,(H,18,19). The molecule has 0 bridgehead atoms. The molecule has 1 atom stereocenters. The van der Waals surface area contributed by atoms with Crippen LogP contribution in [-0.2, 0) is 4.79 Å². The highest BCUT2D eigenvalue weighted by atomic mass is 16.4. The Balaban J connectivity index is 2.29. The van der Waals surface area contributed by atoms with Gasteiger partial charge in [0.15, 0.2) is 0 Å². The van der Waals surface area contributed by atoms with Gasteiger partial charge in [0.1, 0.15) is 11.8 Å². The van der Waals surface area contributed by atoms with Crippen LogP contribution in [0.3, 0.4) is 0 Å². The summed E-state index contributed by atoms with van der Waals surface area (Å²) >= 11 is 0. The second-order valence-electron chi connectivity index (χ2n) is 4.72. The van der Waals surface area contributed by atoms with Crippen LogP contribution in [0.15, 0.2) is 24.3 Å². The van der Waals surface area contributed by atoms with E-state index in [2.05, 4.69) is 0 Å². The van der Waals surface area contributed by atoms with Crippen molar-refractivity contribution in [1.29, 1.82) is 0 Å². The van der Waals surface area contributed by atoms with Crippen LogP contribution < -0.4 is 0 Å². The summed E-state index contributed by atoms with van der Waals surface area (Å²) in [6.07, 6.45) is 2.99. The van der Waals surface area contributed by atoms with Gasteiger partial charge in [-0.15, -0.1) is 0 Å². The molecule has 0 radical (unpaired) electrons. The van der Waals surface area contributed by atoms with Gasteiger partial charge in [-0.05, 0) is 25.0 Å². The summed E-state index contributed by atoms with van der Waals surface area (Å²) in [6.45, 7) is 0.421. The third-order valence-electron chi connectivity index (χ3n) is 3.43. The number of phenolic OH excluding ortho intramolecular Hbond substituents is 1. The summed E-state index contributed by atoms with van der Waals surface area (Å²) in [4.78, 5) is 25.0. The molecule has 0 aliphatic carbocycles. The molecular formula is C14H17NO4. The summed E-state index contributed by atoms with van der Waals surface area (Å²) in [5.41, 5.74) is 0.163. The number of nitrogens with zero attached hydrogens (tertiary/aromatic N) is 1. The lowest BCUT2D eigenvalue weighted by Gasteiger charge is -2.27. The van der Waals surface area contributed by atoms with E-state index in [9.17, 15) is 19.8 Å². The Hall–Kier alpha value is -2.04. The molecule has 1 aromatic rings. The number of para-hydroxylation sites is 1. The Bertz CT molecular complexity index is 486. The van der Waals surface area contributed by atoms with Gasteiger partial charge in [0.2, 0.25) is 0 Å². The first-order chi connectivity index (χ1) is 9.11. The number of hydrogen-bond donors (Lipinski definition) is 2. The molecule has 1 aromatic carbocycles. The minimum atomic E-state index is -0.981. The molecule has 1 amide bonds. The minimum absolute atomic E-state index is 0.110. The lowest BCUT2D eigenvalue weighted by atomic mass is 10.1. The quantitative estimate of drug-likeness (QED) is 0.853. The zero-order valence-electron chi connectivity index (χ0n) is 10.6. The first-order valence-corrected chi connectivity index (χ1v) is 6.43. The van der Waals surface area contributed by atoms with Crippen LogP contribution in [0.25, 0.3) is 0 Å². The van der Waals surface area contributed by atoms with Gasteiger partial charge in [0.25, 0.3) is 5.91 Å². The Labute approximate surface area is 111 Å². The van der Waals surface area contributed by atoms with Crippen molar-refractivity contribution in [2.45, 2.75) is 31.7 Å². The predicted octanol–water partition coefficient (Wildman–Crippen LogP) is 1.86. The van der Waals surface area contributed by atoms with E-state index >= 15 is 0 Å². The van der Waals surface area contributed by atoms with Crippen molar-refractivity contribution in [1.82, 2.24) is 4.90 Å². The van der Waals surface area contributed by atoms with Crippen LogP contribution in [-0.4, -0.2) is 39.6 Å². The first kappa shape index (κ1) is 13.4. The molecule has 1 fully saturated rings. The number of rotatable bonds is 2. The van der Waals surface area contributed by atoms with Crippen LogP contribution >= 0.6 is 0 Å². The molecular weight excluding hydrogens is 246 g/mol. The fourth-order valence-electron chi connectivity index (χ4n) is 2.42. The fraction of sp³-hybridized carbons (Fsp3) is 0.429. The third-order valence-corrected chi connectivity index (χ3v) is 3.43. The molecule has 0 spiro atoms. The highest BCUT2D eigenvalue weighted by Crippen LogP contribution is 2.23. The minimum Gasteiger partial charge on any atom is -0.507 e. The molecule has 1 unspecified atom stereocenters. The maximum atomic E-state index is 12.4.